The summed E-state index contributed by atoms with van der Waals surface area (Å²) in [6.45, 7) is 2.26. The molecule has 2 N–H and O–H groups in total. The van der Waals surface area contributed by atoms with E-state index >= 15 is 0 Å². The van der Waals surface area contributed by atoms with Gasteiger partial charge >= 0.3 is 5.97 Å². The van der Waals surface area contributed by atoms with Crippen LogP contribution in [0.2, 0.25) is 0 Å². The van der Waals surface area contributed by atoms with Gasteiger partial charge in [0.1, 0.15) is 0 Å². The summed E-state index contributed by atoms with van der Waals surface area (Å²) in [7, 11) is 0. The van der Waals surface area contributed by atoms with Gasteiger partial charge < -0.3 is 10.5 Å². The number of hydrogen-bond acceptors (Lipinski definition) is 4. The molecule has 0 aromatic carbocycles. The summed E-state index contributed by atoms with van der Waals surface area (Å²) in [5.41, 5.74) is 5.67. The summed E-state index contributed by atoms with van der Waals surface area (Å²) in [4.78, 5) is 11.1. The van der Waals surface area contributed by atoms with Gasteiger partial charge in [0.05, 0.1) is 17.9 Å². The van der Waals surface area contributed by atoms with Crippen LogP contribution in [-0.2, 0) is 9.53 Å². The Balaban J connectivity index is 2.39. The molecule has 3 nitrogen and oxygen atoms in total. The molecule has 0 aliphatic carbocycles. The fourth-order valence-corrected chi connectivity index (χ4v) is 2.25. The summed E-state index contributed by atoms with van der Waals surface area (Å²) < 4.78 is 4.86. The van der Waals surface area contributed by atoms with Gasteiger partial charge in [-0.2, -0.15) is 0 Å². The van der Waals surface area contributed by atoms with Gasteiger partial charge in [0.15, 0.2) is 0 Å². The number of esters is 1. The minimum Gasteiger partial charge on any atom is -0.466 e. The highest BCUT2D eigenvalue weighted by Crippen LogP contribution is 2.29. The molecule has 0 aromatic heterocycles. The quantitative estimate of drug-likeness (QED) is 0.624. The topological polar surface area (TPSA) is 52.3 Å². The van der Waals surface area contributed by atoms with Crippen molar-refractivity contribution in [2.45, 2.75) is 18.7 Å². The van der Waals surface area contributed by atoms with E-state index in [-0.39, 0.29) is 17.3 Å². The lowest BCUT2D eigenvalue weighted by Crippen LogP contribution is -2.30. The predicted molar refractivity (Wildman–Crippen MR) is 45.2 cm³/mol. The molecule has 1 aliphatic heterocycles. The fourth-order valence-electron chi connectivity index (χ4n) is 1.11. The first-order valence-corrected chi connectivity index (χ1v) is 4.84. The Bertz CT molecular complexity index is 151. The lowest BCUT2D eigenvalue weighted by molar-refractivity contribution is -0.147. The van der Waals surface area contributed by atoms with Crippen LogP contribution in [0.3, 0.4) is 0 Å². The molecule has 1 aliphatic rings. The van der Waals surface area contributed by atoms with Crippen LogP contribution < -0.4 is 5.73 Å². The predicted octanol–water partition coefficient (Wildman–Crippen LogP) is 0.587. The van der Waals surface area contributed by atoms with E-state index in [9.17, 15) is 4.79 Å². The van der Waals surface area contributed by atoms with Crippen LogP contribution in [-0.4, -0.2) is 23.7 Å². The number of hydrogen-bond donors (Lipinski definition) is 1. The molecular weight excluding hydrogens is 162 g/mol. The number of rotatable bonds is 2. The Morgan fingerprint density at radius 3 is 3.00 bits per heavy atom. The molecule has 1 rings (SSSR count). The number of thioether (sulfide) groups is 1. The Hall–Kier alpha value is -0.220. The zero-order valence-electron chi connectivity index (χ0n) is 6.58. The molecule has 2 atom stereocenters. The van der Waals surface area contributed by atoms with Crippen molar-refractivity contribution in [3.8, 4) is 0 Å². The number of nitrogens with two attached hydrogens (primary N) is 1. The van der Waals surface area contributed by atoms with Crippen molar-refractivity contribution in [3.05, 3.63) is 0 Å². The summed E-state index contributed by atoms with van der Waals surface area (Å²) in [6.07, 6.45) is 0.866. The molecule has 4 heteroatoms. The second kappa shape index (κ2) is 3.97. The van der Waals surface area contributed by atoms with Crippen LogP contribution in [0.1, 0.15) is 13.3 Å². The Morgan fingerprint density at radius 2 is 2.55 bits per heavy atom. The van der Waals surface area contributed by atoms with Gasteiger partial charge in [-0.1, -0.05) is 0 Å². The van der Waals surface area contributed by atoms with Crippen molar-refractivity contribution < 1.29 is 9.53 Å². The maximum absolute atomic E-state index is 11.1. The Morgan fingerprint density at radius 1 is 1.82 bits per heavy atom. The van der Waals surface area contributed by atoms with E-state index in [2.05, 4.69) is 0 Å². The minimum atomic E-state index is -0.134. The fraction of sp³-hybridized carbons (Fsp3) is 0.857. The first-order chi connectivity index (χ1) is 5.25. The van der Waals surface area contributed by atoms with E-state index < -0.39 is 0 Å². The van der Waals surface area contributed by atoms with Gasteiger partial charge in [-0.25, -0.2) is 0 Å². The lowest BCUT2D eigenvalue weighted by atomic mass is 10.1. The van der Waals surface area contributed by atoms with Crippen LogP contribution in [0.4, 0.5) is 0 Å². The normalized spacial score (nSPS) is 30.4. The van der Waals surface area contributed by atoms with Crippen molar-refractivity contribution in [1.29, 1.82) is 0 Å². The van der Waals surface area contributed by atoms with Gasteiger partial charge in [0.2, 0.25) is 0 Å². The van der Waals surface area contributed by atoms with Gasteiger partial charge in [0, 0.05) is 0 Å². The largest absolute Gasteiger partial charge is 0.466 e. The lowest BCUT2D eigenvalue weighted by Gasteiger charge is -2.11. The average Bonchev–Trinajstić information content (AvgIpc) is 2.36. The standard InChI is InChI=1S/C7H13NO2S/c1-2-10-7(9)5-3-4-11-6(5)8/h5-6H,2-4,8H2,1H3. The molecule has 2 unspecified atom stereocenters. The third-order valence-electron chi connectivity index (χ3n) is 1.73. The monoisotopic (exact) mass is 175 g/mol. The summed E-state index contributed by atoms with van der Waals surface area (Å²) in [5, 5.41) is -0.0472. The minimum absolute atomic E-state index is 0.0472. The molecule has 1 saturated heterocycles. The third kappa shape index (κ3) is 2.10. The highest BCUT2D eigenvalue weighted by atomic mass is 32.2. The van der Waals surface area contributed by atoms with Gasteiger partial charge in [-0.3, -0.25) is 4.79 Å². The average molecular weight is 175 g/mol. The Kier molecular flexibility index (Phi) is 3.20. The third-order valence-corrected chi connectivity index (χ3v) is 2.91. The maximum Gasteiger partial charge on any atom is 0.311 e. The summed E-state index contributed by atoms with van der Waals surface area (Å²) in [6, 6.07) is 0. The van der Waals surface area contributed by atoms with Gasteiger partial charge in [-0.15, -0.1) is 11.8 Å². The molecule has 0 saturated carbocycles. The van der Waals surface area contributed by atoms with Crippen LogP contribution in [0.5, 0.6) is 0 Å². The second-order valence-corrected chi connectivity index (χ2v) is 3.77. The van der Waals surface area contributed by atoms with Crippen molar-refractivity contribution in [1.82, 2.24) is 0 Å². The van der Waals surface area contributed by atoms with Crippen LogP contribution in [0.15, 0.2) is 0 Å². The Labute approximate surface area is 70.7 Å². The maximum atomic E-state index is 11.1. The zero-order valence-corrected chi connectivity index (χ0v) is 7.39. The van der Waals surface area contributed by atoms with E-state index in [1.807, 2.05) is 6.92 Å². The van der Waals surface area contributed by atoms with Crippen molar-refractivity contribution in [2.24, 2.45) is 11.7 Å². The zero-order chi connectivity index (χ0) is 8.27. The van der Waals surface area contributed by atoms with Gasteiger partial charge in [-0.05, 0) is 19.1 Å². The molecular formula is C7H13NO2S. The number of ether oxygens (including phenoxy) is 1. The number of carbonyl (C=O) groups excluding carboxylic acids is 1. The van der Waals surface area contributed by atoms with Crippen molar-refractivity contribution in [3.63, 3.8) is 0 Å². The molecule has 0 aromatic rings. The molecule has 11 heavy (non-hydrogen) atoms. The highest BCUT2D eigenvalue weighted by Gasteiger charge is 2.31. The number of carbonyl (C=O) groups is 1. The van der Waals surface area contributed by atoms with E-state index in [0.29, 0.717) is 6.61 Å². The molecule has 0 spiro atoms. The van der Waals surface area contributed by atoms with E-state index in [0.717, 1.165) is 12.2 Å². The van der Waals surface area contributed by atoms with Gasteiger partial charge in [0.25, 0.3) is 0 Å². The van der Waals surface area contributed by atoms with Crippen LogP contribution >= 0.6 is 11.8 Å². The molecule has 0 radical (unpaired) electrons. The summed E-state index contributed by atoms with van der Waals surface area (Å²) in [5.74, 6) is 0.773. The molecule has 64 valence electrons. The smallest absolute Gasteiger partial charge is 0.311 e. The van der Waals surface area contributed by atoms with Crippen molar-refractivity contribution >= 4 is 17.7 Å². The van der Waals surface area contributed by atoms with Crippen LogP contribution in [0, 0.1) is 5.92 Å². The van der Waals surface area contributed by atoms with E-state index in [1.165, 1.54) is 0 Å². The SMILES string of the molecule is CCOC(=O)C1CCSC1N. The molecule has 0 amide bonds. The summed E-state index contributed by atoms with van der Waals surface area (Å²) >= 11 is 1.64. The molecule has 0 bridgehead atoms. The molecule has 1 fully saturated rings. The molecule has 1 heterocycles. The first-order valence-electron chi connectivity index (χ1n) is 3.79. The van der Waals surface area contributed by atoms with Crippen LogP contribution in [0.25, 0.3) is 0 Å². The van der Waals surface area contributed by atoms with Crippen molar-refractivity contribution in [2.75, 3.05) is 12.4 Å². The van der Waals surface area contributed by atoms with E-state index in [4.69, 9.17) is 10.5 Å². The second-order valence-electron chi connectivity index (χ2n) is 2.48. The first kappa shape index (κ1) is 8.87. The highest BCUT2D eigenvalue weighted by molar-refractivity contribution is 8.00. The van der Waals surface area contributed by atoms with E-state index in [1.54, 1.807) is 11.8 Å².